The van der Waals surface area contributed by atoms with Gasteiger partial charge in [0, 0.05) is 31.8 Å². The Morgan fingerprint density at radius 1 is 0.955 bits per heavy atom. The number of benzene rings is 1. The molecule has 1 N–H and O–H groups in total. The highest BCUT2D eigenvalue weighted by atomic mass is 32.1. The fraction of sp³-hybridized carbons (Fsp3) is 0.400. The first-order valence-electron chi connectivity index (χ1n) is 7.93. The van der Waals surface area contributed by atoms with E-state index in [0.717, 1.165) is 6.42 Å². The van der Waals surface area contributed by atoms with E-state index in [-0.39, 0.29) is 10.8 Å². The van der Waals surface area contributed by atoms with Crippen LogP contribution in [0.3, 0.4) is 0 Å². The third kappa shape index (κ3) is 2.98. The van der Waals surface area contributed by atoms with Gasteiger partial charge in [-0.1, -0.05) is 52.8 Å². The van der Waals surface area contributed by atoms with Crippen LogP contribution in [0.5, 0.6) is 0 Å². The zero-order valence-electron chi connectivity index (χ0n) is 14.2. The molecule has 0 amide bonds. The number of hydrogen-bond donors (Lipinski definition) is 1. The first-order valence-corrected chi connectivity index (χ1v) is 8.75. The molecule has 2 heterocycles. The zero-order valence-corrected chi connectivity index (χ0v) is 15.0. The lowest BCUT2D eigenvalue weighted by Crippen LogP contribution is -2.19. The molecule has 0 fully saturated rings. The lowest BCUT2D eigenvalue weighted by molar-refractivity contribution is 0.521. The molecule has 116 valence electrons. The summed E-state index contributed by atoms with van der Waals surface area (Å²) in [5.74, 6) is 0. The van der Waals surface area contributed by atoms with E-state index in [0.29, 0.717) is 0 Å². The largest absolute Gasteiger partial charge is 0.362 e. The highest BCUT2D eigenvalue weighted by molar-refractivity contribution is 7.19. The minimum Gasteiger partial charge on any atom is -0.362 e. The molecule has 0 unspecified atom stereocenters. The Morgan fingerprint density at radius 3 is 2.32 bits per heavy atom. The Labute approximate surface area is 137 Å². The van der Waals surface area contributed by atoms with Crippen molar-refractivity contribution >= 4 is 21.4 Å². The van der Waals surface area contributed by atoms with Gasteiger partial charge < -0.3 is 4.98 Å². The minimum absolute atomic E-state index is 0.143. The molecule has 0 saturated carbocycles. The van der Waals surface area contributed by atoms with Crippen molar-refractivity contribution in [3.8, 4) is 0 Å². The van der Waals surface area contributed by atoms with Crippen LogP contribution in [0.25, 0.3) is 10.1 Å². The Kier molecular flexibility index (Phi) is 3.68. The third-order valence-corrected chi connectivity index (χ3v) is 5.76. The lowest BCUT2D eigenvalue weighted by Gasteiger charge is -2.23. The molecule has 3 rings (SSSR count). The Morgan fingerprint density at radius 2 is 1.68 bits per heavy atom. The van der Waals surface area contributed by atoms with Crippen molar-refractivity contribution in [2.24, 2.45) is 0 Å². The fourth-order valence-electron chi connectivity index (χ4n) is 2.86. The summed E-state index contributed by atoms with van der Waals surface area (Å²) in [6.45, 7) is 11.4. The molecular weight excluding hydrogens is 286 g/mol. The topological polar surface area (TPSA) is 15.8 Å². The maximum Gasteiger partial charge on any atom is 0.0345 e. The van der Waals surface area contributed by atoms with Crippen LogP contribution in [0.15, 0.2) is 42.5 Å². The molecule has 0 aliphatic rings. The van der Waals surface area contributed by atoms with Gasteiger partial charge in [0.15, 0.2) is 0 Å². The Balaban J connectivity index is 1.88. The van der Waals surface area contributed by atoms with Crippen molar-refractivity contribution in [2.75, 3.05) is 0 Å². The molecule has 3 aromatic rings. The van der Waals surface area contributed by atoms with Gasteiger partial charge in [0.1, 0.15) is 0 Å². The second-order valence-electron chi connectivity index (χ2n) is 7.86. The van der Waals surface area contributed by atoms with E-state index in [9.17, 15) is 0 Å². The Hall–Kier alpha value is -1.54. The Bertz CT molecular complexity index is 750. The SMILES string of the molecule is CC(C)(C)c1ccc(CC(C)(C)c2cc3ccccc3s2)[nH]1. The van der Waals surface area contributed by atoms with E-state index in [1.807, 2.05) is 11.3 Å². The highest BCUT2D eigenvalue weighted by Gasteiger charge is 2.25. The normalized spacial score (nSPS) is 13.0. The van der Waals surface area contributed by atoms with Gasteiger partial charge in [-0.05, 0) is 36.1 Å². The van der Waals surface area contributed by atoms with E-state index in [1.54, 1.807) is 0 Å². The molecule has 0 aliphatic heterocycles. The van der Waals surface area contributed by atoms with Crippen LogP contribution in [0.1, 0.15) is 50.9 Å². The van der Waals surface area contributed by atoms with Crippen LogP contribution in [0.2, 0.25) is 0 Å². The van der Waals surface area contributed by atoms with Crippen LogP contribution in [0, 0.1) is 0 Å². The molecular formula is C20H25NS. The van der Waals surface area contributed by atoms with Gasteiger partial charge in [-0.3, -0.25) is 0 Å². The molecule has 0 aliphatic carbocycles. The van der Waals surface area contributed by atoms with Crippen LogP contribution in [-0.2, 0) is 17.3 Å². The summed E-state index contributed by atoms with van der Waals surface area (Å²) in [4.78, 5) is 5.08. The van der Waals surface area contributed by atoms with Gasteiger partial charge in [0.05, 0.1) is 0 Å². The maximum absolute atomic E-state index is 3.62. The molecule has 0 bridgehead atoms. The number of aromatic amines is 1. The van der Waals surface area contributed by atoms with Crippen LogP contribution < -0.4 is 0 Å². The molecule has 22 heavy (non-hydrogen) atoms. The molecule has 0 atom stereocenters. The van der Waals surface area contributed by atoms with E-state index < -0.39 is 0 Å². The predicted molar refractivity (Wildman–Crippen MR) is 98.0 cm³/mol. The average Bonchev–Trinajstić information content (AvgIpc) is 3.03. The maximum atomic E-state index is 3.62. The molecule has 0 radical (unpaired) electrons. The van der Waals surface area contributed by atoms with E-state index in [4.69, 9.17) is 0 Å². The molecule has 2 aromatic heterocycles. The van der Waals surface area contributed by atoms with Crippen LogP contribution in [-0.4, -0.2) is 4.98 Å². The van der Waals surface area contributed by atoms with Crippen molar-refractivity contribution < 1.29 is 0 Å². The van der Waals surface area contributed by atoms with Crippen molar-refractivity contribution in [1.82, 2.24) is 4.98 Å². The lowest BCUT2D eigenvalue weighted by atomic mass is 9.86. The van der Waals surface area contributed by atoms with Gasteiger partial charge in [0.25, 0.3) is 0 Å². The van der Waals surface area contributed by atoms with Crippen molar-refractivity contribution in [2.45, 2.75) is 51.9 Å². The summed E-state index contributed by atoms with van der Waals surface area (Å²) in [6, 6.07) is 15.5. The first-order chi connectivity index (χ1) is 10.3. The summed E-state index contributed by atoms with van der Waals surface area (Å²) in [6.07, 6.45) is 1.04. The van der Waals surface area contributed by atoms with Gasteiger partial charge in [0.2, 0.25) is 0 Å². The van der Waals surface area contributed by atoms with E-state index in [2.05, 4.69) is 82.1 Å². The quantitative estimate of drug-likeness (QED) is 0.606. The monoisotopic (exact) mass is 311 g/mol. The van der Waals surface area contributed by atoms with Gasteiger partial charge in [-0.2, -0.15) is 0 Å². The minimum atomic E-state index is 0.143. The van der Waals surface area contributed by atoms with Crippen molar-refractivity contribution in [3.63, 3.8) is 0 Å². The molecule has 0 spiro atoms. The molecule has 2 heteroatoms. The third-order valence-electron chi connectivity index (χ3n) is 4.28. The average molecular weight is 311 g/mol. The standard InChI is InChI=1S/C20H25NS/c1-19(2,3)17-11-10-15(21-17)13-20(4,5)18-12-14-8-6-7-9-16(14)22-18/h6-12,21H,13H2,1-5H3. The number of rotatable bonds is 3. The summed E-state index contributed by atoms with van der Waals surface area (Å²) in [5, 5.41) is 1.36. The van der Waals surface area contributed by atoms with Gasteiger partial charge in [-0.25, -0.2) is 0 Å². The van der Waals surface area contributed by atoms with E-state index in [1.165, 1.54) is 26.4 Å². The number of thiophene rings is 1. The predicted octanol–water partition coefficient (Wildman–Crippen LogP) is 6.05. The van der Waals surface area contributed by atoms with Gasteiger partial charge >= 0.3 is 0 Å². The highest BCUT2D eigenvalue weighted by Crippen LogP contribution is 2.36. The number of H-pyrrole nitrogens is 1. The fourth-order valence-corrected chi connectivity index (χ4v) is 4.02. The second kappa shape index (κ2) is 5.27. The summed E-state index contributed by atoms with van der Waals surface area (Å²) >= 11 is 1.92. The van der Waals surface area contributed by atoms with E-state index >= 15 is 0 Å². The van der Waals surface area contributed by atoms with Crippen LogP contribution >= 0.6 is 11.3 Å². The first kappa shape index (κ1) is 15.4. The zero-order chi connectivity index (χ0) is 16.0. The van der Waals surface area contributed by atoms with Crippen molar-refractivity contribution in [3.05, 3.63) is 58.7 Å². The molecule has 0 saturated heterocycles. The number of hydrogen-bond acceptors (Lipinski definition) is 1. The number of nitrogens with one attached hydrogen (secondary N) is 1. The number of fused-ring (bicyclic) bond motifs is 1. The van der Waals surface area contributed by atoms with Gasteiger partial charge in [-0.15, -0.1) is 11.3 Å². The van der Waals surface area contributed by atoms with Crippen molar-refractivity contribution in [1.29, 1.82) is 0 Å². The molecule has 1 aromatic carbocycles. The summed E-state index contributed by atoms with van der Waals surface area (Å²) in [7, 11) is 0. The summed E-state index contributed by atoms with van der Waals surface area (Å²) < 4.78 is 1.38. The van der Waals surface area contributed by atoms with Crippen LogP contribution in [0.4, 0.5) is 0 Å². The number of aromatic nitrogens is 1. The molecule has 1 nitrogen and oxygen atoms in total. The summed E-state index contributed by atoms with van der Waals surface area (Å²) in [5.41, 5.74) is 2.96. The second-order valence-corrected chi connectivity index (χ2v) is 8.94. The smallest absolute Gasteiger partial charge is 0.0345 e.